The lowest BCUT2D eigenvalue weighted by molar-refractivity contribution is 0.892. The number of thioether (sulfide) groups is 1. The van der Waals surface area contributed by atoms with Crippen LogP contribution in [0.4, 0.5) is 0 Å². The first-order chi connectivity index (χ1) is 13.4. The highest BCUT2D eigenvalue weighted by atomic mass is 32.2. The van der Waals surface area contributed by atoms with Crippen LogP contribution in [0.25, 0.3) is 22.6 Å². The molecule has 0 saturated heterocycles. The van der Waals surface area contributed by atoms with Gasteiger partial charge in [0.25, 0.3) is 0 Å². The summed E-state index contributed by atoms with van der Waals surface area (Å²) in [6, 6.07) is 31.4. The van der Waals surface area contributed by atoms with E-state index < -0.39 is 0 Å². The van der Waals surface area contributed by atoms with Crippen LogP contribution >= 0.6 is 11.8 Å². The molecule has 0 aliphatic carbocycles. The molecule has 1 unspecified atom stereocenters. The highest BCUT2D eigenvalue weighted by Gasteiger charge is 2.29. The molecular weight excluding hydrogens is 348 g/mol. The van der Waals surface area contributed by atoms with E-state index in [9.17, 15) is 0 Å². The van der Waals surface area contributed by atoms with Gasteiger partial charge in [0, 0.05) is 22.8 Å². The van der Waals surface area contributed by atoms with E-state index in [1.807, 2.05) is 36.0 Å². The van der Waals surface area contributed by atoms with Gasteiger partial charge in [-0.25, -0.2) is 9.97 Å². The lowest BCUT2D eigenvalue weighted by Gasteiger charge is -2.10. The minimum Gasteiger partial charge on any atom is -0.232 e. The number of benzene rings is 3. The van der Waals surface area contributed by atoms with Gasteiger partial charge in [-0.2, -0.15) is 0 Å². The maximum absolute atomic E-state index is 4.98. The summed E-state index contributed by atoms with van der Waals surface area (Å²) < 4.78 is 0. The molecule has 0 saturated carbocycles. The van der Waals surface area contributed by atoms with Crippen LogP contribution in [0.3, 0.4) is 0 Å². The lowest BCUT2D eigenvalue weighted by atomic mass is 10.1. The molecule has 0 spiro atoms. The average molecular weight is 366 g/mol. The third kappa shape index (κ3) is 3.15. The van der Waals surface area contributed by atoms with Crippen LogP contribution in [0.5, 0.6) is 0 Å². The Balaban J connectivity index is 1.64. The van der Waals surface area contributed by atoms with Crippen molar-refractivity contribution in [3.63, 3.8) is 0 Å². The Bertz CT molecular complexity index is 1060. The number of aromatic nitrogens is 2. The number of fused-ring (bicyclic) bond motifs is 1. The number of hydrogen-bond acceptors (Lipinski definition) is 3. The fourth-order valence-electron chi connectivity index (χ4n) is 3.48. The van der Waals surface area contributed by atoms with Crippen LogP contribution in [-0.4, -0.2) is 9.97 Å². The summed E-state index contributed by atoms with van der Waals surface area (Å²) in [5.74, 6) is 0.808. The Hall–Kier alpha value is -2.91. The van der Waals surface area contributed by atoms with E-state index in [0.29, 0.717) is 5.25 Å². The molecule has 1 aliphatic rings. The predicted octanol–water partition coefficient (Wildman–Crippen LogP) is 6.20. The summed E-state index contributed by atoms with van der Waals surface area (Å²) in [6.45, 7) is 0. The van der Waals surface area contributed by atoms with E-state index in [-0.39, 0.29) is 0 Å². The van der Waals surface area contributed by atoms with Gasteiger partial charge < -0.3 is 0 Å². The second kappa shape index (κ2) is 7.01. The van der Waals surface area contributed by atoms with Crippen LogP contribution in [-0.2, 0) is 6.42 Å². The SMILES string of the molecule is c1ccc(-c2nc3c(c(-c4ccccc4)n2)SC(c2ccccc2)C3)cc1. The largest absolute Gasteiger partial charge is 0.232 e. The van der Waals surface area contributed by atoms with Gasteiger partial charge in [-0.05, 0) is 5.56 Å². The lowest BCUT2D eigenvalue weighted by Crippen LogP contribution is -1.99. The number of nitrogens with zero attached hydrogens (tertiary/aromatic N) is 2. The molecule has 1 aromatic heterocycles. The van der Waals surface area contributed by atoms with Gasteiger partial charge in [-0.3, -0.25) is 0 Å². The summed E-state index contributed by atoms with van der Waals surface area (Å²) in [7, 11) is 0. The number of hydrogen-bond donors (Lipinski definition) is 0. The zero-order valence-electron chi connectivity index (χ0n) is 14.7. The first-order valence-corrected chi connectivity index (χ1v) is 10.00. The summed E-state index contributed by atoms with van der Waals surface area (Å²) in [4.78, 5) is 11.2. The van der Waals surface area contributed by atoms with Gasteiger partial charge in [0.1, 0.15) is 0 Å². The molecule has 2 nitrogen and oxygen atoms in total. The van der Waals surface area contributed by atoms with Gasteiger partial charge in [-0.15, -0.1) is 11.8 Å². The monoisotopic (exact) mass is 366 g/mol. The van der Waals surface area contributed by atoms with Crippen LogP contribution < -0.4 is 0 Å². The third-order valence-corrected chi connectivity index (χ3v) is 6.21. The van der Waals surface area contributed by atoms with Gasteiger partial charge in [0.2, 0.25) is 0 Å². The van der Waals surface area contributed by atoms with Crippen LogP contribution in [0.2, 0.25) is 0 Å². The van der Waals surface area contributed by atoms with Crippen LogP contribution in [0, 0.1) is 0 Å². The van der Waals surface area contributed by atoms with Crippen molar-refractivity contribution >= 4 is 11.8 Å². The standard InChI is InChI=1S/C24H18N2S/c1-4-10-17(11-5-1)21-16-20-23(27-21)22(18-12-6-2-7-13-18)26-24(25-20)19-14-8-3-9-15-19/h1-15,21H,16H2. The Kier molecular flexibility index (Phi) is 4.23. The molecule has 3 aromatic carbocycles. The molecule has 3 heteroatoms. The quantitative estimate of drug-likeness (QED) is 0.432. The third-order valence-electron chi connectivity index (χ3n) is 4.83. The van der Waals surface area contributed by atoms with Crippen molar-refractivity contribution in [2.75, 3.05) is 0 Å². The molecule has 1 atom stereocenters. The van der Waals surface area contributed by atoms with Crippen molar-refractivity contribution in [1.29, 1.82) is 0 Å². The molecule has 0 fully saturated rings. The first-order valence-electron chi connectivity index (χ1n) is 9.12. The van der Waals surface area contributed by atoms with Gasteiger partial charge in [0.05, 0.1) is 16.3 Å². The van der Waals surface area contributed by atoms with E-state index in [2.05, 4.69) is 66.7 Å². The molecule has 0 N–H and O–H groups in total. The van der Waals surface area contributed by atoms with E-state index in [1.165, 1.54) is 10.5 Å². The maximum atomic E-state index is 4.98. The highest BCUT2D eigenvalue weighted by Crippen LogP contribution is 2.49. The summed E-state index contributed by atoms with van der Waals surface area (Å²) in [5.41, 5.74) is 5.76. The smallest absolute Gasteiger partial charge is 0.160 e. The van der Waals surface area contributed by atoms with Gasteiger partial charge >= 0.3 is 0 Å². The second-order valence-corrected chi connectivity index (χ2v) is 7.84. The fourth-order valence-corrected chi connectivity index (χ4v) is 4.84. The van der Waals surface area contributed by atoms with E-state index >= 15 is 0 Å². The average Bonchev–Trinajstić information content (AvgIpc) is 3.19. The zero-order valence-corrected chi connectivity index (χ0v) is 15.6. The summed E-state index contributed by atoms with van der Waals surface area (Å²) >= 11 is 1.89. The fraction of sp³-hybridized carbons (Fsp3) is 0.0833. The molecular formula is C24H18N2S. The summed E-state index contributed by atoms with van der Waals surface area (Å²) in [5, 5.41) is 0.393. The molecule has 130 valence electrons. The Morgan fingerprint density at radius 3 is 1.93 bits per heavy atom. The normalized spacial score (nSPS) is 15.5. The van der Waals surface area contributed by atoms with Crippen molar-refractivity contribution in [1.82, 2.24) is 9.97 Å². The van der Waals surface area contributed by atoms with Crippen molar-refractivity contribution in [2.45, 2.75) is 16.6 Å². The molecule has 0 bridgehead atoms. The van der Waals surface area contributed by atoms with E-state index in [4.69, 9.17) is 9.97 Å². The topological polar surface area (TPSA) is 25.8 Å². The minimum atomic E-state index is 0.393. The predicted molar refractivity (Wildman–Crippen MR) is 112 cm³/mol. The second-order valence-electron chi connectivity index (χ2n) is 6.62. The van der Waals surface area contributed by atoms with Crippen LogP contribution in [0.15, 0.2) is 95.9 Å². The van der Waals surface area contributed by atoms with Crippen molar-refractivity contribution in [3.8, 4) is 22.6 Å². The highest BCUT2D eigenvalue weighted by molar-refractivity contribution is 8.00. The Morgan fingerprint density at radius 2 is 1.26 bits per heavy atom. The molecule has 0 radical (unpaired) electrons. The molecule has 27 heavy (non-hydrogen) atoms. The zero-order chi connectivity index (χ0) is 18.1. The van der Waals surface area contributed by atoms with Crippen molar-refractivity contribution in [3.05, 3.63) is 102 Å². The molecule has 1 aliphatic heterocycles. The Labute approximate surface area is 163 Å². The van der Waals surface area contributed by atoms with Crippen molar-refractivity contribution in [2.24, 2.45) is 0 Å². The van der Waals surface area contributed by atoms with E-state index in [1.54, 1.807) is 0 Å². The first kappa shape index (κ1) is 16.3. The molecule has 4 aromatic rings. The van der Waals surface area contributed by atoms with Gasteiger partial charge in [0.15, 0.2) is 5.82 Å². The molecule has 2 heterocycles. The molecule has 5 rings (SSSR count). The maximum Gasteiger partial charge on any atom is 0.160 e. The molecule has 0 amide bonds. The van der Waals surface area contributed by atoms with Gasteiger partial charge in [-0.1, -0.05) is 91.0 Å². The minimum absolute atomic E-state index is 0.393. The van der Waals surface area contributed by atoms with Crippen LogP contribution in [0.1, 0.15) is 16.5 Å². The number of rotatable bonds is 3. The summed E-state index contributed by atoms with van der Waals surface area (Å²) in [6.07, 6.45) is 0.937. The van der Waals surface area contributed by atoms with Crippen molar-refractivity contribution < 1.29 is 0 Å². The van der Waals surface area contributed by atoms with E-state index in [0.717, 1.165) is 34.8 Å². The Morgan fingerprint density at radius 1 is 0.667 bits per heavy atom.